The Kier molecular flexibility index (Phi) is 6.81. The van der Waals surface area contributed by atoms with E-state index in [-0.39, 0.29) is 11.1 Å². The van der Waals surface area contributed by atoms with Gasteiger partial charge in [-0.05, 0) is 102 Å². The number of rotatable bonds is 4. The van der Waals surface area contributed by atoms with Crippen molar-refractivity contribution >= 4 is 0 Å². The average molecular weight is 413 g/mol. The van der Waals surface area contributed by atoms with Gasteiger partial charge in [-0.1, -0.05) is 52.0 Å². The summed E-state index contributed by atoms with van der Waals surface area (Å²) in [6.45, 7) is 19.2. The van der Waals surface area contributed by atoms with Crippen LogP contribution in [0.3, 0.4) is 0 Å². The number of nitrogens with zero attached hydrogens (tertiary/aromatic N) is 2. The van der Waals surface area contributed by atoms with Gasteiger partial charge in [-0.15, -0.1) is 0 Å². The number of hydrogen-bond donors (Lipinski definition) is 0. The molecule has 0 radical (unpaired) electrons. The standard InChI is InChI=1S/C28H48N2/c1-19(2)25-15-23(17-27(5,6)29(25)9)21-11-13-22(14-12-21)24-16-26(20(3)4)30(10)28(7,8)18-24/h11-14,19-20,23-26H,15-18H2,1-10H3. The zero-order chi connectivity index (χ0) is 22.4. The molecule has 0 aliphatic carbocycles. The highest BCUT2D eigenvalue weighted by Crippen LogP contribution is 2.44. The molecule has 0 spiro atoms. The second kappa shape index (κ2) is 8.58. The Bertz CT molecular complexity index is 639. The first-order chi connectivity index (χ1) is 13.8. The molecule has 0 aromatic heterocycles. The van der Waals surface area contributed by atoms with E-state index < -0.39 is 0 Å². The van der Waals surface area contributed by atoms with Crippen LogP contribution in [0.1, 0.15) is 104 Å². The molecule has 2 nitrogen and oxygen atoms in total. The van der Waals surface area contributed by atoms with Crippen molar-refractivity contribution in [2.75, 3.05) is 14.1 Å². The molecule has 3 rings (SSSR count). The van der Waals surface area contributed by atoms with Gasteiger partial charge >= 0.3 is 0 Å². The van der Waals surface area contributed by atoms with Gasteiger partial charge in [-0.2, -0.15) is 0 Å². The second-order valence-corrected chi connectivity index (χ2v) is 12.4. The van der Waals surface area contributed by atoms with Crippen molar-refractivity contribution in [2.45, 2.75) is 116 Å². The van der Waals surface area contributed by atoms with Gasteiger partial charge in [0.2, 0.25) is 0 Å². The molecule has 4 unspecified atom stereocenters. The fourth-order valence-corrected chi connectivity index (χ4v) is 6.44. The summed E-state index contributed by atoms with van der Waals surface area (Å²) in [6.07, 6.45) is 5.08. The maximum absolute atomic E-state index is 2.63. The lowest BCUT2D eigenvalue weighted by Gasteiger charge is -2.51. The Balaban J connectivity index is 1.79. The van der Waals surface area contributed by atoms with E-state index in [1.807, 2.05) is 0 Å². The maximum Gasteiger partial charge on any atom is 0.0159 e. The summed E-state index contributed by atoms with van der Waals surface area (Å²) in [7, 11) is 4.66. The SMILES string of the molecule is CC(C)C1CC(c2ccc(C3CC(C(C)C)N(C)C(C)(C)C3)cc2)CC(C)(C)N1C. The van der Waals surface area contributed by atoms with Crippen molar-refractivity contribution in [3.8, 4) is 0 Å². The lowest BCUT2D eigenvalue weighted by atomic mass is 9.72. The molecule has 2 heteroatoms. The number of benzene rings is 1. The highest BCUT2D eigenvalue weighted by molar-refractivity contribution is 5.30. The molecule has 1 aromatic rings. The molecular weight excluding hydrogens is 364 g/mol. The van der Waals surface area contributed by atoms with Crippen LogP contribution in [0.15, 0.2) is 24.3 Å². The van der Waals surface area contributed by atoms with E-state index in [0.717, 1.165) is 0 Å². The van der Waals surface area contributed by atoms with Crippen molar-refractivity contribution in [1.29, 1.82) is 0 Å². The molecular formula is C28H48N2. The summed E-state index contributed by atoms with van der Waals surface area (Å²) >= 11 is 0. The molecule has 2 saturated heterocycles. The zero-order valence-electron chi connectivity index (χ0n) is 21.5. The van der Waals surface area contributed by atoms with E-state index >= 15 is 0 Å². The third kappa shape index (κ3) is 4.65. The van der Waals surface area contributed by atoms with E-state index in [2.05, 4.69) is 104 Å². The van der Waals surface area contributed by atoms with Gasteiger partial charge < -0.3 is 0 Å². The third-order valence-corrected chi connectivity index (χ3v) is 8.87. The van der Waals surface area contributed by atoms with Crippen molar-refractivity contribution < 1.29 is 0 Å². The minimum absolute atomic E-state index is 0.263. The van der Waals surface area contributed by atoms with E-state index in [1.165, 1.54) is 25.7 Å². The Morgan fingerprint density at radius 1 is 0.667 bits per heavy atom. The molecule has 0 amide bonds. The lowest BCUT2D eigenvalue weighted by molar-refractivity contribution is 0.0162. The first-order valence-corrected chi connectivity index (χ1v) is 12.4. The normalized spacial score (nSPS) is 32.7. The number of likely N-dealkylation sites (tertiary alicyclic amines) is 2. The first kappa shape index (κ1) is 23.8. The van der Waals surface area contributed by atoms with E-state index in [9.17, 15) is 0 Å². The quantitative estimate of drug-likeness (QED) is 0.530. The summed E-state index contributed by atoms with van der Waals surface area (Å²) in [6, 6.07) is 11.2. The molecule has 4 atom stereocenters. The Hall–Kier alpha value is -0.860. The van der Waals surface area contributed by atoms with Gasteiger partial charge in [-0.25, -0.2) is 0 Å². The van der Waals surface area contributed by atoms with Gasteiger partial charge in [0.1, 0.15) is 0 Å². The predicted octanol–water partition coefficient (Wildman–Crippen LogP) is 6.91. The van der Waals surface area contributed by atoms with E-state index in [0.29, 0.717) is 35.8 Å². The summed E-state index contributed by atoms with van der Waals surface area (Å²) in [4.78, 5) is 5.27. The highest BCUT2D eigenvalue weighted by atomic mass is 15.2. The van der Waals surface area contributed by atoms with Crippen LogP contribution in [-0.4, -0.2) is 47.1 Å². The summed E-state index contributed by atoms with van der Waals surface area (Å²) in [5.74, 6) is 2.75. The third-order valence-electron chi connectivity index (χ3n) is 8.87. The molecule has 30 heavy (non-hydrogen) atoms. The minimum Gasteiger partial charge on any atom is -0.298 e. The van der Waals surface area contributed by atoms with Crippen LogP contribution in [0.2, 0.25) is 0 Å². The van der Waals surface area contributed by atoms with Crippen LogP contribution in [0.25, 0.3) is 0 Å². The van der Waals surface area contributed by atoms with Crippen LogP contribution < -0.4 is 0 Å². The summed E-state index contributed by atoms with van der Waals surface area (Å²) in [5.41, 5.74) is 3.63. The van der Waals surface area contributed by atoms with Crippen molar-refractivity contribution in [3.63, 3.8) is 0 Å². The van der Waals surface area contributed by atoms with Crippen molar-refractivity contribution in [3.05, 3.63) is 35.4 Å². The van der Waals surface area contributed by atoms with Crippen molar-refractivity contribution in [2.24, 2.45) is 11.8 Å². The molecule has 0 N–H and O–H groups in total. The fraction of sp³-hybridized carbons (Fsp3) is 0.786. The van der Waals surface area contributed by atoms with Gasteiger partial charge in [0.05, 0.1) is 0 Å². The summed E-state index contributed by atoms with van der Waals surface area (Å²) < 4.78 is 0. The van der Waals surface area contributed by atoms with Crippen LogP contribution in [0.5, 0.6) is 0 Å². The fourth-order valence-electron chi connectivity index (χ4n) is 6.44. The Labute approximate surface area is 187 Å². The second-order valence-electron chi connectivity index (χ2n) is 12.4. The monoisotopic (exact) mass is 412 g/mol. The molecule has 2 aliphatic rings. The van der Waals surface area contributed by atoms with E-state index in [4.69, 9.17) is 0 Å². The highest BCUT2D eigenvalue weighted by Gasteiger charge is 2.41. The molecule has 2 fully saturated rings. The smallest absolute Gasteiger partial charge is 0.0159 e. The van der Waals surface area contributed by atoms with Crippen LogP contribution in [-0.2, 0) is 0 Å². The molecule has 2 heterocycles. The van der Waals surface area contributed by atoms with Crippen LogP contribution >= 0.6 is 0 Å². The van der Waals surface area contributed by atoms with Crippen LogP contribution in [0, 0.1) is 11.8 Å². The van der Waals surface area contributed by atoms with Gasteiger partial charge in [0.25, 0.3) is 0 Å². The van der Waals surface area contributed by atoms with Crippen LogP contribution in [0.4, 0.5) is 0 Å². The number of piperidine rings is 2. The Morgan fingerprint density at radius 3 is 1.23 bits per heavy atom. The Morgan fingerprint density at radius 2 is 0.967 bits per heavy atom. The maximum atomic E-state index is 2.63. The minimum atomic E-state index is 0.263. The molecule has 1 aromatic carbocycles. The predicted molar refractivity (Wildman–Crippen MR) is 131 cm³/mol. The van der Waals surface area contributed by atoms with Gasteiger partial charge in [0, 0.05) is 23.2 Å². The molecule has 0 bridgehead atoms. The molecule has 0 saturated carbocycles. The topological polar surface area (TPSA) is 6.48 Å². The van der Waals surface area contributed by atoms with E-state index in [1.54, 1.807) is 11.1 Å². The largest absolute Gasteiger partial charge is 0.298 e. The average Bonchev–Trinajstić information content (AvgIpc) is 2.65. The molecule has 170 valence electrons. The number of hydrogen-bond acceptors (Lipinski definition) is 2. The summed E-state index contributed by atoms with van der Waals surface area (Å²) in [5, 5.41) is 0. The van der Waals surface area contributed by atoms with Gasteiger partial charge in [0.15, 0.2) is 0 Å². The zero-order valence-corrected chi connectivity index (χ0v) is 21.5. The van der Waals surface area contributed by atoms with Crippen molar-refractivity contribution in [1.82, 2.24) is 9.80 Å². The first-order valence-electron chi connectivity index (χ1n) is 12.4. The lowest BCUT2D eigenvalue weighted by Crippen LogP contribution is -2.54. The molecule has 2 aliphatic heterocycles. The van der Waals surface area contributed by atoms with Gasteiger partial charge in [-0.3, -0.25) is 9.80 Å².